The van der Waals surface area contributed by atoms with E-state index in [1.54, 1.807) is 33.6 Å². The van der Waals surface area contributed by atoms with Crippen LogP contribution in [0.5, 0.6) is 0 Å². The molecule has 0 unspecified atom stereocenters. The number of anilines is 5. The van der Waals surface area contributed by atoms with Crippen LogP contribution in [0.3, 0.4) is 0 Å². The van der Waals surface area contributed by atoms with Crippen molar-refractivity contribution in [3.8, 4) is 0 Å². The van der Waals surface area contributed by atoms with Gasteiger partial charge in [0.05, 0.1) is 29.7 Å². The summed E-state index contributed by atoms with van der Waals surface area (Å²) in [5.74, 6) is 4.05. The maximum atomic E-state index is 5.75. The quantitative estimate of drug-likeness (QED) is 0.0492. The van der Waals surface area contributed by atoms with Crippen LogP contribution in [0.25, 0.3) is 0 Å². The van der Waals surface area contributed by atoms with Crippen LogP contribution in [0.1, 0.15) is 38.3 Å². The van der Waals surface area contributed by atoms with Gasteiger partial charge in [-0.3, -0.25) is 9.68 Å². The Kier molecular flexibility index (Phi) is 34.2. The molecule has 0 aliphatic carbocycles. The third kappa shape index (κ3) is 23.1. The number of hydrogen-bond donors (Lipinski definition) is 4. The summed E-state index contributed by atoms with van der Waals surface area (Å²) in [4.78, 5) is 43.3. The average molecular weight is 1230 g/mol. The van der Waals surface area contributed by atoms with E-state index >= 15 is 0 Å². The zero-order valence-electron chi connectivity index (χ0n) is 30.4. The molecular formula is C28H48ClI4N16O2V-. The predicted octanol–water partition coefficient (Wildman–Crippen LogP) is 6.05. The van der Waals surface area contributed by atoms with Crippen molar-refractivity contribution in [3.63, 3.8) is 0 Å². The molecule has 0 aliphatic heterocycles. The van der Waals surface area contributed by atoms with Gasteiger partial charge < -0.3 is 76.0 Å². The standard InChI is InChI=1S/C13H22N8O.C8H14ClN5O.C5H9N3.CH2I2.CHI2.V/c1-5-6-15-11-17-12(19-13(18-11)21(3)22-4)16-9-10-14-7-8-20(10)2;1-4-5-10-7-11-6(9)12-8(13-7)14(2)15-3;1-8-3-2-7-5(8)4-6;2*2-1-3;/h7-8H,5-6,9H2,1-4H3,(H2,15,16,17,18,19);4-5H2,1-3H3,(H,10,11,12,13);2-3H,4,6H2,1H3;1H2;1H;/q;;;;-1;. The summed E-state index contributed by atoms with van der Waals surface area (Å²) < 4.78 is 6.97. The Morgan fingerprint density at radius 2 is 1.17 bits per heavy atom. The minimum Gasteiger partial charge on any atom is -0.354 e. The topological polar surface area (TPSA) is 200 Å². The first-order valence-corrected chi connectivity index (χ1v) is 21.1. The molecule has 0 saturated heterocycles. The van der Waals surface area contributed by atoms with Gasteiger partial charge in [-0.25, -0.2) is 22.5 Å². The minimum atomic E-state index is 0. The molecule has 0 fully saturated rings. The van der Waals surface area contributed by atoms with Crippen LogP contribution in [-0.2, 0) is 55.4 Å². The molecule has 0 saturated carbocycles. The molecule has 4 aromatic rings. The Morgan fingerprint density at radius 1 is 0.769 bits per heavy atom. The molecule has 4 aromatic heterocycles. The van der Waals surface area contributed by atoms with Gasteiger partial charge in [0.25, 0.3) is 11.9 Å². The number of nitrogens with one attached hydrogen (secondary N) is 3. The Morgan fingerprint density at radius 3 is 1.54 bits per heavy atom. The van der Waals surface area contributed by atoms with E-state index < -0.39 is 0 Å². The number of nitrogens with zero attached hydrogens (tertiary/aromatic N) is 12. The molecular weight excluding hydrogens is 1190 g/mol. The molecule has 4 heterocycles. The van der Waals surface area contributed by atoms with Gasteiger partial charge in [0, 0.05) is 84.6 Å². The van der Waals surface area contributed by atoms with E-state index in [1.807, 2.05) is 38.1 Å². The van der Waals surface area contributed by atoms with Crippen molar-refractivity contribution in [1.82, 2.24) is 49.0 Å². The van der Waals surface area contributed by atoms with E-state index in [2.05, 4.69) is 160 Å². The van der Waals surface area contributed by atoms with Crippen LogP contribution in [0.2, 0.25) is 5.28 Å². The van der Waals surface area contributed by atoms with Gasteiger partial charge >= 0.3 is 0 Å². The van der Waals surface area contributed by atoms with Gasteiger partial charge in [-0.2, -0.15) is 29.9 Å². The van der Waals surface area contributed by atoms with Crippen molar-refractivity contribution < 1.29 is 28.2 Å². The SMILES string of the molecule is CCCNc1nc(Cl)nc(N(C)OC)n1.CCCNc1nc(NCc2nccn2C)nc(N(C)OC)n1.Cn1ccnc1CN.ICI.I[CH-]I.[V]. The monoisotopic (exact) mass is 1230 g/mol. The van der Waals surface area contributed by atoms with Gasteiger partial charge in [0.1, 0.15) is 11.6 Å². The fraction of sp³-hybridized carbons (Fsp3) is 0.536. The average Bonchev–Trinajstić information content (AvgIpc) is 3.75. The van der Waals surface area contributed by atoms with E-state index in [-0.39, 0.29) is 23.8 Å². The van der Waals surface area contributed by atoms with Crippen LogP contribution in [0, 0.1) is 2.43 Å². The van der Waals surface area contributed by atoms with E-state index in [1.165, 1.54) is 19.7 Å². The summed E-state index contributed by atoms with van der Waals surface area (Å²) in [6.45, 7) is 6.75. The molecule has 24 heteroatoms. The number of rotatable bonds is 14. The number of imidazole rings is 2. The number of aryl methyl sites for hydroxylation is 2. The van der Waals surface area contributed by atoms with Crippen LogP contribution in [-0.4, -0.2) is 92.8 Å². The molecule has 0 spiro atoms. The summed E-state index contributed by atoms with van der Waals surface area (Å²) in [5, 5.41) is 12.4. The molecule has 0 aliphatic rings. The third-order valence-corrected chi connectivity index (χ3v) is 6.00. The Hall–Kier alpha value is -0.886. The number of hydrogen-bond acceptors (Lipinski definition) is 16. The minimum absolute atomic E-state index is 0. The molecule has 0 amide bonds. The zero-order valence-corrected chi connectivity index (χ0v) is 41.2. The first-order valence-electron chi connectivity index (χ1n) is 15.2. The normalized spacial score (nSPS) is 9.58. The fourth-order valence-corrected chi connectivity index (χ4v) is 3.33. The first kappa shape index (κ1) is 53.2. The van der Waals surface area contributed by atoms with Gasteiger partial charge in [-0.15, -0.1) is 0 Å². The van der Waals surface area contributed by atoms with Crippen molar-refractivity contribution >= 4 is 132 Å². The van der Waals surface area contributed by atoms with Gasteiger partial charge in [-0.05, 0) is 24.4 Å². The third-order valence-electron chi connectivity index (χ3n) is 5.83. The summed E-state index contributed by atoms with van der Waals surface area (Å²) in [7, 11) is 10.4. The number of hydroxylamine groups is 2. The first-order chi connectivity index (χ1) is 24.5. The van der Waals surface area contributed by atoms with E-state index in [4.69, 9.17) is 27.0 Å². The Balaban J connectivity index is 0. The Bertz CT molecular complexity index is 1460. The number of aromatic nitrogens is 10. The second-order valence-corrected chi connectivity index (χ2v) is 17.8. The van der Waals surface area contributed by atoms with Crippen LogP contribution in [0.4, 0.5) is 29.7 Å². The maximum Gasteiger partial charge on any atom is 0.256 e. The Labute approximate surface area is 378 Å². The molecule has 293 valence electrons. The van der Waals surface area contributed by atoms with Crippen molar-refractivity contribution in [2.75, 3.05) is 69.9 Å². The fourth-order valence-electron chi connectivity index (χ4n) is 3.18. The second-order valence-electron chi connectivity index (χ2n) is 9.37. The number of halogens is 5. The summed E-state index contributed by atoms with van der Waals surface area (Å²) in [6.07, 6.45) is 9.23. The van der Waals surface area contributed by atoms with Crippen molar-refractivity contribution in [2.24, 2.45) is 19.8 Å². The number of nitrogens with two attached hydrogens (primary N) is 1. The molecule has 18 nitrogen and oxygen atoms in total. The molecule has 1 radical (unpaired) electrons. The molecule has 0 aromatic carbocycles. The van der Waals surface area contributed by atoms with Crippen molar-refractivity contribution in [1.29, 1.82) is 0 Å². The molecule has 0 atom stereocenters. The van der Waals surface area contributed by atoms with E-state index in [0.29, 0.717) is 42.8 Å². The number of alkyl halides is 2. The smallest absolute Gasteiger partial charge is 0.256 e. The summed E-state index contributed by atoms with van der Waals surface area (Å²) in [6, 6.07) is 0. The van der Waals surface area contributed by atoms with Crippen LogP contribution in [0.15, 0.2) is 24.8 Å². The maximum absolute atomic E-state index is 5.75. The van der Waals surface area contributed by atoms with Gasteiger partial charge in [0.15, 0.2) is 0 Å². The molecule has 5 N–H and O–H groups in total. The van der Waals surface area contributed by atoms with Crippen molar-refractivity contribution in [3.05, 3.63) is 44.2 Å². The zero-order chi connectivity index (χ0) is 38.6. The molecule has 0 bridgehead atoms. The van der Waals surface area contributed by atoms with Gasteiger partial charge in [0.2, 0.25) is 23.1 Å². The van der Waals surface area contributed by atoms with E-state index in [9.17, 15) is 0 Å². The van der Waals surface area contributed by atoms with Crippen LogP contribution < -0.4 is 31.8 Å². The summed E-state index contributed by atoms with van der Waals surface area (Å²) in [5.41, 5.74) is 5.31. The summed E-state index contributed by atoms with van der Waals surface area (Å²) >= 11 is 14.6. The van der Waals surface area contributed by atoms with Gasteiger partial charge in [-0.1, -0.05) is 59.0 Å². The largest absolute Gasteiger partial charge is 0.354 e. The molecule has 52 heavy (non-hydrogen) atoms. The molecule has 4 rings (SSSR count). The predicted molar refractivity (Wildman–Crippen MR) is 240 cm³/mol. The van der Waals surface area contributed by atoms with Crippen LogP contribution >= 0.6 is 102 Å². The van der Waals surface area contributed by atoms with E-state index in [0.717, 1.165) is 37.6 Å². The van der Waals surface area contributed by atoms with Crippen molar-refractivity contribution in [2.45, 2.75) is 39.8 Å². The second kappa shape index (κ2) is 33.5.